The van der Waals surface area contributed by atoms with Crippen molar-refractivity contribution in [2.24, 2.45) is 5.41 Å². The summed E-state index contributed by atoms with van der Waals surface area (Å²) in [6.45, 7) is 2.66. The number of carboxylic acid groups (broad SMARTS) is 1. The number of halogens is 1. The number of rotatable bonds is 2. The van der Waals surface area contributed by atoms with Crippen molar-refractivity contribution in [1.29, 1.82) is 0 Å². The van der Waals surface area contributed by atoms with Crippen molar-refractivity contribution in [2.75, 3.05) is 18.0 Å². The number of benzene rings is 1. The third kappa shape index (κ3) is 1.75. The van der Waals surface area contributed by atoms with E-state index in [0.29, 0.717) is 25.2 Å². The molecule has 16 heavy (non-hydrogen) atoms. The van der Waals surface area contributed by atoms with Crippen LogP contribution in [0.3, 0.4) is 0 Å². The molecular weight excluding hydrogens is 209 g/mol. The largest absolute Gasteiger partial charge is 0.481 e. The Morgan fingerprint density at radius 1 is 1.50 bits per heavy atom. The maximum absolute atomic E-state index is 13.5. The second-order valence-corrected chi connectivity index (χ2v) is 4.49. The number of nitrogens with zero attached hydrogens (tertiary/aromatic N) is 1. The summed E-state index contributed by atoms with van der Waals surface area (Å²) >= 11 is 0. The summed E-state index contributed by atoms with van der Waals surface area (Å²) in [5.74, 6) is -1.11. The van der Waals surface area contributed by atoms with Gasteiger partial charge in [-0.15, -0.1) is 0 Å². The third-order valence-electron chi connectivity index (χ3n) is 3.18. The highest BCUT2D eigenvalue weighted by Crippen LogP contribution is 2.34. The zero-order chi connectivity index (χ0) is 11.8. The summed E-state index contributed by atoms with van der Waals surface area (Å²) in [5.41, 5.74) is -0.269. The molecule has 1 aromatic carbocycles. The Kier molecular flexibility index (Phi) is 2.58. The average molecular weight is 223 g/mol. The molecule has 0 radical (unpaired) electrons. The number of para-hydroxylation sites is 1. The van der Waals surface area contributed by atoms with Crippen LogP contribution in [0.4, 0.5) is 10.1 Å². The van der Waals surface area contributed by atoms with E-state index in [1.54, 1.807) is 30.0 Å². The SMILES string of the molecule is CC1(C(=O)O)CCN(c2ccccc2F)C1. The van der Waals surface area contributed by atoms with Gasteiger partial charge in [-0.3, -0.25) is 4.79 Å². The lowest BCUT2D eigenvalue weighted by atomic mass is 9.90. The minimum atomic E-state index is -0.814. The van der Waals surface area contributed by atoms with Crippen molar-refractivity contribution in [3.8, 4) is 0 Å². The second-order valence-electron chi connectivity index (χ2n) is 4.49. The molecular formula is C12H14FNO2. The van der Waals surface area contributed by atoms with E-state index in [9.17, 15) is 9.18 Å². The molecule has 4 heteroatoms. The molecule has 1 aromatic rings. The first-order valence-corrected chi connectivity index (χ1v) is 5.26. The quantitative estimate of drug-likeness (QED) is 0.835. The first-order valence-electron chi connectivity index (χ1n) is 5.26. The van der Waals surface area contributed by atoms with Gasteiger partial charge in [0.15, 0.2) is 0 Å². The van der Waals surface area contributed by atoms with Crippen LogP contribution in [0.1, 0.15) is 13.3 Å². The van der Waals surface area contributed by atoms with Crippen LogP contribution >= 0.6 is 0 Å². The number of anilines is 1. The Labute approximate surface area is 93.5 Å². The van der Waals surface area contributed by atoms with Crippen LogP contribution in [0.2, 0.25) is 0 Å². The minimum Gasteiger partial charge on any atom is -0.481 e. The topological polar surface area (TPSA) is 40.5 Å². The Morgan fingerprint density at radius 3 is 2.75 bits per heavy atom. The number of carboxylic acids is 1. The molecule has 2 rings (SSSR count). The van der Waals surface area contributed by atoms with E-state index >= 15 is 0 Å². The summed E-state index contributed by atoms with van der Waals surface area (Å²) in [7, 11) is 0. The lowest BCUT2D eigenvalue weighted by Crippen LogP contribution is -2.31. The highest BCUT2D eigenvalue weighted by molar-refractivity contribution is 5.76. The van der Waals surface area contributed by atoms with E-state index < -0.39 is 11.4 Å². The Bertz CT molecular complexity index is 421. The third-order valence-corrected chi connectivity index (χ3v) is 3.18. The van der Waals surface area contributed by atoms with E-state index in [0.717, 1.165) is 0 Å². The summed E-state index contributed by atoms with van der Waals surface area (Å²) in [5, 5.41) is 9.09. The summed E-state index contributed by atoms with van der Waals surface area (Å²) in [6.07, 6.45) is 0.552. The lowest BCUT2D eigenvalue weighted by molar-refractivity contribution is -0.146. The Morgan fingerprint density at radius 2 is 2.19 bits per heavy atom. The van der Waals surface area contributed by atoms with Crippen LogP contribution in [-0.4, -0.2) is 24.2 Å². The fourth-order valence-electron chi connectivity index (χ4n) is 2.05. The number of aliphatic carboxylic acids is 1. The zero-order valence-corrected chi connectivity index (χ0v) is 9.11. The first-order chi connectivity index (χ1) is 7.53. The molecule has 1 saturated heterocycles. The van der Waals surface area contributed by atoms with Crippen molar-refractivity contribution in [3.05, 3.63) is 30.1 Å². The van der Waals surface area contributed by atoms with Gasteiger partial charge >= 0.3 is 5.97 Å². The van der Waals surface area contributed by atoms with Gasteiger partial charge in [-0.05, 0) is 25.5 Å². The zero-order valence-electron chi connectivity index (χ0n) is 9.11. The molecule has 1 fully saturated rings. The molecule has 1 heterocycles. The number of hydrogen-bond donors (Lipinski definition) is 1. The van der Waals surface area contributed by atoms with Crippen molar-refractivity contribution >= 4 is 11.7 Å². The molecule has 0 amide bonds. The minimum absolute atomic E-state index is 0.294. The number of hydrogen-bond acceptors (Lipinski definition) is 2. The molecule has 3 nitrogen and oxygen atoms in total. The van der Waals surface area contributed by atoms with Gasteiger partial charge in [0.2, 0.25) is 0 Å². The summed E-state index contributed by atoms with van der Waals surface area (Å²) in [4.78, 5) is 12.9. The van der Waals surface area contributed by atoms with E-state index in [-0.39, 0.29) is 5.82 Å². The van der Waals surface area contributed by atoms with Crippen molar-refractivity contribution in [1.82, 2.24) is 0 Å². The van der Waals surface area contributed by atoms with Gasteiger partial charge in [0.05, 0.1) is 11.1 Å². The smallest absolute Gasteiger partial charge is 0.311 e. The summed E-state index contributed by atoms with van der Waals surface area (Å²) < 4.78 is 13.5. The van der Waals surface area contributed by atoms with Gasteiger partial charge in [0.25, 0.3) is 0 Å². The van der Waals surface area contributed by atoms with Crippen molar-refractivity contribution in [2.45, 2.75) is 13.3 Å². The standard InChI is InChI=1S/C12H14FNO2/c1-12(11(15)16)6-7-14(8-12)10-5-3-2-4-9(10)13/h2-5H,6-8H2,1H3,(H,15,16). The van der Waals surface area contributed by atoms with Crippen molar-refractivity contribution in [3.63, 3.8) is 0 Å². The molecule has 0 spiro atoms. The first kappa shape index (κ1) is 10.9. The molecule has 1 aliphatic heterocycles. The van der Waals surface area contributed by atoms with Gasteiger partial charge in [-0.2, -0.15) is 0 Å². The number of carbonyl (C=O) groups is 1. The molecule has 1 N–H and O–H groups in total. The van der Waals surface area contributed by atoms with E-state index in [4.69, 9.17) is 5.11 Å². The molecule has 1 atom stereocenters. The van der Waals surface area contributed by atoms with E-state index in [1.165, 1.54) is 6.07 Å². The van der Waals surface area contributed by atoms with Gasteiger partial charge < -0.3 is 10.0 Å². The van der Waals surface area contributed by atoms with Gasteiger partial charge in [-0.1, -0.05) is 12.1 Å². The second kappa shape index (κ2) is 3.77. The molecule has 1 unspecified atom stereocenters. The van der Waals surface area contributed by atoms with E-state index in [2.05, 4.69) is 0 Å². The predicted molar refractivity (Wildman–Crippen MR) is 59.0 cm³/mol. The van der Waals surface area contributed by atoms with Crippen LogP contribution in [0.15, 0.2) is 24.3 Å². The predicted octanol–water partition coefficient (Wildman–Crippen LogP) is 2.13. The normalized spacial score (nSPS) is 24.8. The molecule has 0 aromatic heterocycles. The molecule has 1 aliphatic rings. The average Bonchev–Trinajstić information content (AvgIpc) is 2.63. The fraction of sp³-hybridized carbons (Fsp3) is 0.417. The molecule has 0 saturated carbocycles. The molecule has 0 aliphatic carbocycles. The van der Waals surface area contributed by atoms with Crippen LogP contribution in [0.25, 0.3) is 0 Å². The van der Waals surface area contributed by atoms with Crippen LogP contribution in [-0.2, 0) is 4.79 Å². The summed E-state index contributed by atoms with van der Waals surface area (Å²) in [6, 6.07) is 6.47. The van der Waals surface area contributed by atoms with Crippen LogP contribution in [0, 0.1) is 11.2 Å². The van der Waals surface area contributed by atoms with Gasteiger partial charge in [0.1, 0.15) is 5.82 Å². The van der Waals surface area contributed by atoms with Crippen LogP contribution in [0.5, 0.6) is 0 Å². The van der Waals surface area contributed by atoms with E-state index in [1.807, 2.05) is 0 Å². The van der Waals surface area contributed by atoms with Gasteiger partial charge in [-0.25, -0.2) is 4.39 Å². The van der Waals surface area contributed by atoms with Gasteiger partial charge in [0, 0.05) is 13.1 Å². The van der Waals surface area contributed by atoms with Crippen molar-refractivity contribution < 1.29 is 14.3 Å². The highest BCUT2D eigenvalue weighted by atomic mass is 19.1. The maximum atomic E-state index is 13.5. The fourth-order valence-corrected chi connectivity index (χ4v) is 2.05. The molecule has 86 valence electrons. The Hall–Kier alpha value is -1.58. The maximum Gasteiger partial charge on any atom is 0.311 e. The monoisotopic (exact) mass is 223 g/mol. The lowest BCUT2D eigenvalue weighted by Gasteiger charge is -2.22. The van der Waals surface area contributed by atoms with Crippen LogP contribution < -0.4 is 4.90 Å². The molecule has 0 bridgehead atoms. The Balaban J connectivity index is 2.22. The highest BCUT2D eigenvalue weighted by Gasteiger charge is 2.40.